The van der Waals surface area contributed by atoms with Gasteiger partial charge < -0.3 is 5.11 Å². The van der Waals surface area contributed by atoms with Crippen LogP contribution in [-0.2, 0) is 0 Å². The van der Waals surface area contributed by atoms with Crippen LogP contribution < -0.4 is 0 Å². The Balaban J connectivity index is 1.76. The Hall–Kier alpha value is -2.78. The maximum Gasteiger partial charge on any atom is 0.269 e. The van der Waals surface area contributed by atoms with Crippen molar-refractivity contribution in [3.63, 3.8) is 0 Å². The Morgan fingerprint density at radius 1 is 1.25 bits per heavy atom. The number of halogens is 1. The molecule has 7 nitrogen and oxygen atoms in total. The van der Waals surface area contributed by atoms with Gasteiger partial charge in [0.1, 0.15) is 5.82 Å². The molecule has 120 valence electrons. The van der Waals surface area contributed by atoms with Crippen LogP contribution in [0.25, 0.3) is 11.4 Å². The lowest BCUT2D eigenvalue weighted by Gasteiger charge is -2.21. The van der Waals surface area contributed by atoms with Crippen molar-refractivity contribution in [2.45, 2.75) is 16.3 Å². The molecule has 1 N–H and O–H groups in total. The highest BCUT2D eigenvalue weighted by Gasteiger charge is 2.29. The summed E-state index contributed by atoms with van der Waals surface area (Å²) in [6.45, 7) is 0. The van der Waals surface area contributed by atoms with E-state index in [0.29, 0.717) is 27.0 Å². The quantitative estimate of drug-likeness (QED) is 0.567. The van der Waals surface area contributed by atoms with Crippen LogP contribution >= 0.6 is 11.8 Å². The first-order valence-electron chi connectivity index (χ1n) is 6.89. The van der Waals surface area contributed by atoms with E-state index in [1.165, 1.54) is 40.7 Å². The number of nitro groups is 1. The molecule has 1 atom stereocenters. The summed E-state index contributed by atoms with van der Waals surface area (Å²) in [5.74, 6) is -0.0179. The van der Waals surface area contributed by atoms with Gasteiger partial charge >= 0.3 is 0 Å². The van der Waals surface area contributed by atoms with Crippen molar-refractivity contribution in [3.8, 4) is 11.4 Å². The molecule has 4 rings (SSSR count). The van der Waals surface area contributed by atoms with E-state index in [9.17, 15) is 19.6 Å². The number of aliphatic hydroxyl groups excluding tert-OH is 1. The Morgan fingerprint density at radius 2 is 2.00 bits per heavy atom. The van der Waals surface area contributed by atoms with Gasteiger partial charge in [0.25, 0.3) is 5.69 Å². The van der Waals surface area contributed by atoms with E-state index in [1.54, 1.807) is 18.2 Å². The Kier molecular flexibility index (Phi) is 3.32. The lowest BCUT2D eigenvalue weighted by atomic mass is 10.1. The number of nitrogens with zero attached hydrogens (tertiary/aromatic N) is 4. The molecule has 0 unspecified atom stereocenters. The molecule has 0 aliphatic carbocycles. The molecule has 0 bridgehead atoms. The molecule has 2 heterocycles. The van der Waals surface area contributed by atoms with Crippen LogP contribution in [0.3, 0.4) is 0 Å². The van der Waals surface area contributed by atoms with Gasteiger partial charge in [-0.1, -0.05) is 0 Å². The number of fused-ring (bicyclic) bond motifs is 2. The van der Waals surface area contributed by atoms with Crippen LogP contribution in [0.15, 0.2) is 52.5 Å². The second-order valence-electron chi connectivity index (χ2n) is 5.12. The fraction of sp³-hybridized carbons (Fsp3) is 0.0667. The van der Waals surface area contributed by atoms with Crippen LogP contribution in [0, 0.1) is 15.9 Å². The summed E-state index contributed by atoms with van der Waals surface area (Å²) in [4.78, 5) is 15.4. The van der Waals surface area contributed by atoms with E-state index in [-0.39, 0.29) is 11.5 Å². The van der Waals surface area contributed by atoms with Gasteiger partial charge in [0.05, 0.1) is 4.92 Å². The molecule has 3 aromatic rings. The monoisotopic (exact) mass is 344 g/mol. The predicted molar refractivity (Wildman–Crippen MR) is 83.0 cm³/mol. The number of benzene rings is 2. The first-order valence-corrected chi connectivity index (χ1v) is 7.71. The van der Waals surface area contributed by atoms with Crippen molar-refractivity contribution in [2.24, 2.45) is 0 Å². The Morgan fingerprint density at radius 3 is 2.71 bits per heavy atom. The molecule has 24 heavy (non-hydrogen) atoms. The number of aliphatic hydroxyl groups is 1. The molecular formula is C15H9FN4O3S. The zero-order valence-electron chi connectivity index (χ0n) is 12.0. The maximum absolute atomic E-state index is 13.0. The first kappa shape index (κ1) is 14.8. The number of non-ortho nitro benzene ring substituents is 1. The van der Waals surface area contributed by atoms with Crippen molar-refractivity contribution < 1.29 is 14.4 Å². The summed E-state index contributed by atoms with van der Waals surface area (Å²) in [6.07, 6.45) is -1.17. The zero-order valence-corrected chi connectivity index (χ0v) is 12.8. The number of hydrogen-bond donors (Lipinski definition) is 1. The van der Waals surface area contributed by atoms with E-state index in [0.717, 1.165) is 0 Å². The van der Waals surface area contributed by atoms with Crippen LogP contribution in [0.4, 0.5) is 10.1 Å². The van der Waals surface area contributed by atoms with Crippen molar-refractivity contribution >= 4 is 17.4 Å². The van der Waals surface area contributed by atoms with Gasteiger partial charge in [-0.3, -0.25) is 10.1 Å². The van der Waals surface area contributed by atoms with E-state index in [1.807, 2.05) is 0 Å². The summed E-state index contributed by atoms with van der Waals surface area (Å²) < 4.78 is 14.3. The number of rotatable bonds is 2. The highest BCUT2D eigenvalue weighted by molar-refractivity contribution is 7.99. The van der Waals surface area contributed by atoms with Crippen molar-refractivity contribution in [1.29, 1.82) is 0 Å². The molecule has 9 heteroatoms. The Bertz CT molecular complexity index is 958. The van der Waals surface area contributed by atoms with Crippen LogP contribution in [0.1, 0.15) is 11.8 Å². The molecule has 0 fully saturated rings. The smallest absolute Gasteiger partial charge is 0.269 e. The third kappa shape index (κ3) is 2.34. The topological polar surface area (TPSA) is 94.1 Å². The van der Waals surface area contributed by atoms with E-state index < -0.39 is 11.2 Å². The molecule has 0 saturated carbocycles. The van der Waals surface area contributed by atoms with Gasteiger partial charge in [0.2, 0.25) is 0 Å². The third-order valence-electron chi connectivity index (χ3n) is 3.62. The second kappa shape index (κ2) is 5.39. The average molecular weight is 344 g/mol. The number of hydrogen-bond acceptors (Lipinski definition) is 6. The van der Waals surface area contributed by atoms with Crippen LogP contribution in [-0.4, -0.2) is 24.8 Å². The normalized spacial score (nSPS) is 15.7. The molecule has 0 saturated heterocycles. The number of aromatic nitrogens is 3. The molecule has 0 amide bonds. The molecule has 0 spiro atoms. The second-order valence-corrected chi connectivity index (χ2v) is 6.13. The average Bonchev–Trinajstić information content (AvgIpc) is 2.99. The maximum atomic E-state index is 13.0. The summed E-state index contributed by atoms with van der Waals surface area (Å²) >= 11 is 1.26. The minimum atomic E-state index is -1.17. The summed E-state index contributed by atoms with van der Waals surface area (Å²) in [7, 11) is 0. The van der Waals surface area contributed by atoms with Gasteiger partial charge in [0, 0.05) is 28.2 Å². The lowest BCUT2D eigenvalue weighted by molar-refractivity contribution is -0.385. The molecular weight excluding hydrogens is 335 g/mol. The zero-order chi connectivity index (χ0) is 16.8. The van der Waals surface area contributed by atoms with Crippen molar-refractivity contribution in [2.75, 3.05) is 0 Å². The lowest BCUT2D eigenvalue weighted by Crippen LogP contribution is -2.17. The first-order chi connectivity index (χ1) is 11.5. The predicted octanol–water partition coefficient (Wildman–Crippen LogP) is 3.00. The largest absolute Gasteiger partial charge is 0.368 e. The van der Waals surface area contributed by atoms with Crippen LogP contribution in [0.5, 0.6) is 0 Å². The molecule has 1 aliphatic rings. The summed E-state index contributed by atoms with van der Waals surface area (Å²) in [6, 6.07) is 9.99. The fourth-order valence-corrected chi connectivity index (χ4v) is 3.41. The van der Waals surface area contributed by atoms with Gasteiger partial charge in [-0.2, -0.15) is 0 Å². The van der Waals surface area contributed by atoms with Crippen molar-refractivity contribution in [3.05, 3.63) is 64.0 Å². The third-order valence-corrected chi connectivity index (χ3v) is 4.67. The molecule has 2 aromatic carbocycles. The molecule has 0 radical (unpaired) electrons. The van der Waals surface area contributed by atoms with Gasteiger partial charge in [-0.25, -0.2) is 14.1 Å². The summed E-state index contributed by atoms with van der Waals surface area (Å²) in [5, 5.41) is 26.1. The fourth-order valence-electron chi connectivity index (χ4n) is 2.43. The Labute approximate surface area is 138 Å². The molecule has 1 aliphatic heterocycles. The van der Waals surface area contributed by atoms with E-state index >= 15 is 0 Å². The minimum absolute atomic E-state index is 0.101. The SMILES string of the molecule is O=[N+]([O-])c1ccc2c(c1)[C@@H](O)n1nc(-c3ccc(F)cc3)nc1S2. The van der Waals surface area contributed by atoms with Gasteiger partial charge in [-0.05, 0) is 42.1 Å². The van der Waals surface area contributed by atoms with E-state index in [2.05, 4.69) is 10.1 Å². The van der Waals surface area contributed by atoms with Gasteiger partial charge in [-0.15, -0.1) is 5.10 Å². The minimum Gasteiger partial charge on any atom is -0.368 e. The van der Waals surface area contributed by atoms with Crippen molar-refractivity contribution in [1.82, 2.24) is 14.8 Å². The standard InChI is InChI=1S/C15H9FN4O3S/c16-9-3-1-8(2-4-9)13-17-15-19(18-13)14(21)11-7-10(20(22)23)5-6-12(11)24-15/h1-7,14,21H/t14-/m1/s1. The van der Waals surface area contributed by atoms with E-state index in [4.69, 9.17) is 0 Å². The van der Waals surface area contributed by atoms with Crippen LogP contribution in [0.2, 0.25) is 0 Å². The highest BCUT2D eigenvalue weighted by Crippen LogP contribution is 2.41. The van der Waals surface area contributed by atoms with Gasteiger partial charge in [0.15, 0.2) is 17.2 Å². The molecule has 1 aromatic heterocycles. The summed E-state index contributed by atoms with van der Waals surface area (Å²) in [5.41, 5.74) is 0.911. The number of nitro benzene ring substituents is 1. The highest BCUT2D eigenvalue weighted by atomic mass is 32.2.